The second-order valence-corrected chi connectivity index (χ2v) is 10.1. The van der Waals surface area contributed by atoms with Gasteiger partial charge in [-0.05, 0) is 62.4 Å². The van der Waals surface area contributed by atoms with E-state index in [0.717, 1.165) is 44.6 Å². The maximum Gasteiger partial charge on any atom is 0.264 e. The Morgan fingerprint density at radius 1 is 0.897 bits per heavy atom. The van der Waals surface area contributed by atoms with Crippen LogP contribution in [-0.2, 0) is 11.4 Å². The average Bonchev–Trinajstić information content (AvgIpc) is 3.32. The van der Waals surface area contributed by atoms with Crippen LogP contribution in [0.3, 0.4) is 0 Å². The highest BCUT2D eigenvalue weighted by atomic mass is 16.5. The van der Waals surface area contributed by atoms with Gasteiger partial charge in [0.1, 0.15) is 23.7 Å². The number of hydrogen-bond donors (Lipinski definition) is 0. The lowest BCUT2D eigenvalue weighted by Gasteiger charge is -2.26. The summed E-state index contributed by atoms with van der Waals surface area (Å²) < 4.78 is 17.8. The molecule has 0 atom stereocenters. The second kappa shape index (κ2) is 8.56. The molecular formula is C32H24N2O5. The quantitative estimate of drug-likeness (QED) is 0.263. The van der Waals surface area contributed by atoms with Crippen molar-refractivity contribution in [2.75, 3.05) is 18.6 Å². The van der Waals surface area contributed by atoms with Crippen LogP contribution in [0.25, 0.3) is 33.4 Å². The van der Waals surface area contributed by atoms with Crippen LogP contribution in [-0.4, -0.2) is 30.3 Å². The molecule has 0 radical (unpaired) electrons. The monoisotopic (exact) mass is 516 g/mol. The van der Waals surface area contributed by atoms with Crippen molar-refractivity contribution in [1.29, 1.82) is 0 Å². The SMILES string of the molecule is Cc1ccc2c(c1)-c1ncc(-c3c(C(=O)c4ccc5c(c4)N(C)C(=O)CO5)oc4ccc(C)cc34)cc1CO2. The average molecular weight is 517 g/mol. The van der Waals surface area contributed by atoms with Crippen LogP contribution in [0.4, 0.5) is 5.69 Å². The summed E-state index contributed by atoms with van der Waals surface area (Å²) in [4.78, 5) is 32.5. The number of rotatable bonds is 3. The largest absolute Gasteiger partial charge is 0.488 e. The first-order chi connectivity index (χ1) is 18.9. The minimum Gasteiger partial charge on any atom is -0.488 e. The number of benzene rings is 3. The first kappa shape index (κ1) is 23.2. The van der Waals surface area contributed by atoms with Crippen molar-refractivity contribution >= 4 is 28.3 Å². The van der Waals surface area contributed by atoms with Gasteiger partial charge in [0.05, 0.1) is 11.4 Å². The minimum atomic E-state index is -0.289. The van der Waals surface area contributed by atoms with Crippen molar-refractivity contribution in [3.8, 4) is 33.9 Å². The summed E-state index contributed by atoms with van der Waals surface area (Å²) in [6.07, 6.45) is 1.80. The van der Waals surface area contributed by atoms with Crippen molar-refractivity contribution in [3.05, 3.63) is 94.9 Å². The van der Waals surface area contributed by atoms with E-state index in [9.17, 15) is 9.59 Å². The molecule has 4 heterocycles. The zero-order chi connectivity index (χ0) is 26.8. The molecule has 0 spiro atoms. The third kappa shape index (κ3) is 3.69. The number of hydrogen-bond acceptors (Lipinski definition) is 6. The zero-order valence-corrected chi connectivity index (χ0v) is 21.7. The molecule has 7 heteroatoms. The van der Waals surface area contributed by atoms with Gasteiger partial charge in [-0.25, -0.2) is 0 Å². The Labute approximate surface area is 224 Å². The van der Waals surface area contributed by atoms with Crippen LogP contribution < -0.4 is 14.4 Å². The molecule has 2 aliphatic heterocycles. The molecule has 0 aliphatic carbocycles. The van der Waals surface area contributed by atoms with E-state index in [4.69, 9.17) is 18.9 Å². The standard InChI is InChI=1S/C32H24N2O5/c1-17-5-8-26-22(10-17)29(20-12-21-15-37-25-7-4-18(2)11-23(25)30(21)33-14-20)32(39-26)31(36)19-6-9-27-24(13-19)34(3)28(35)16-38-27/h4-14H,15-16H2,1-3H3. The highest BCUT2D eigenvalue weighted by Crippen LogP contribution is 2.42. The number of aromatic nitrogens is 1. The molecule has 0 saturated carbocycles. The molecule has 0 bridgehead atoms. The second-order valence-electron chi connectivity index (χ2n) is 10.1. The van der Waals surface area contributed by atoms with Gasteiger partial charge in [0.2, 0.25) is 5.78 Å². The van der Waals surface area contributed by atoms with Gasteiger partial charge in [-0.1, -0.05) is 23.3 Å². The number of fused-ring (bicyclic) bond motifs is 5. The number of ether oxygens (including phenoxy) is 2. The number of nitrogens with zero attached hydrogens (tertiary/aromatic N) is 2. The Bertz CT molecular complexity index is 1850. The summed E-state index contributed by atoms with van der Waals surface area (Å²) in [5, 5.41) is 0.835. The summed E-state index contributed by atoms with van der Waals surface area (Å²) in [6.45, 7) is 4.41. The molecule has 5 aromatic rings. The van der Waals surface area contributed by atoms with Gasteiger partial charge in [-0.2, -0.15) is 0 Å². The first-order valence-corrected chi connectivity index (χ1v) is 12.7. The smallest absolute Gasteiger partial charge is 0.264 e. The highest BCUT2D eigenvalue weighted by molar-refractivity contribution is 6.16. The maximum atomic E-state index is 14.0. The zero-order valence-electron chi connectivity index (χ0n) is 21.7. The van der Waals surface area contributed by atoms with Gasteiger partial charge in [0, 0.05) is 46.4 Å². The number of furan rings is 1. The summed E-state index contributed by atoms with van der Waals surface area (Å²) in [6, 6.07) is 19.1. The Hall–Kier alpha value is -4.91. The molecule has 39 heavy (non-hydrogen) atoms. The lowest BCUT2D eigenvalue weighted by molar-refractivity contribution is -0.120. The van der Waals surface area contributed by atoms with Crippen molar-refractivity contribution in [1.82, 2.24) is 4.98 Å². The van der Waals surface area contributed by atoms with E-state index in [1.165, 1.54) is 4.90 Å². The van der Waals surface area contributed by atoms with E-state index in [-0.39, 0.29) is 24.1 Å². The van der Waals surface area contributed by atoms with E-state index in [1.54, 1.807) is 31.4 Å². The normalized spacial score (nSPS) is 13.8. The fourth-order valence-corrected chi connectivity index (χ4v) is 5.31. The molecule has 1 amide bonds. The fraction of sp³-hybridized carbons (Fsp3) is 0.156. The van der Waals surface area contributed by atoms with Crippen molar-refractivity contribution in [3.63, 3.8) is 0 Å². The van der Waals surface area contributed by atoms with Crippen LogP contribution in [0, 0.1) is 13.8 Å². The predicted octanol–water partition coefficient (Wildman–Crippen LogP) is 6.26. The molecule has 7 rings (SSSR count). The van der Waals surface area contributed by atoms with Gasteiger partial charge in [-0.3, -0.25) is 14.6 Å². The molecule has 192 valence electrons. The van der Waals surface area contributed by atoms with Gasteiger partial charge >= 0.3 is 0 Å². The molecule has 2 aliphatic rings. The Balaban J connectivity index is 1.38. The molecule has 0 saturated heterocycles. The number of carbonyl (C=O) groups is 2. The fourth-order valence-electron chi connectivity index (χ4n) is 5.31. The van der Waals surface area contributed by atoms with Crippen LogP contribution in [0.2, 0.25) is 0 Å². The number of ketones is 1. The van der Waals surface area contributed by atoms with Crippen molar-refractivity contribution in [2.45, 2.75) is 20.5 Å². The topological polar surface area (TPSA) is 81.9 Å². The number of pyridine rings is 1. The number of anilines is 1. The van der Waals surface area contributed by atoms with Crippen LogP contribution >= 0.6 is 0 Å². The molecule has 0 fully saturated rings. The number of amides is 1. The third-order valence-electron chi connectivity index (χ3n) is 7.39. The summed E-state index contributed by atoms with van der Waals surface area (Å²) >= 11 is 0. The molecule has 7 nitrogen and oxygen atoms in total. The Morgan fingerprint density at radius 2 is 1.67 bits per heavy atom. The van der Waals surface area contributed by atoms with E-state index in [2.05, 4.69) is 6.07 Å². The number of carbonyl (C=O) groups excluding carboxylic acids is 2. The maximum absolute atomic E-state index is 14.0. The number of aryl methyl sites for hydroxylation is 2. The van der Waals surface area contributed by atoms with Gasteiger partial charge < -0.3 is 18.8 Å². The van der Waals surface area contributed by atoms with Crippen LogP contribution in [0.1, 0.15) is 32.8 Å². The molecule has 2 aromatic heterocycles. The minimum absolute atomic E-state index is 0.0248. The van der Waals surface area contributed by atoms with E-state index in [0.29, 0.717) is 34.8 Å². The first-order valence-electron chi connectivity index (χ1n) is 12.7. The highest BCUT2D eigenvalue weighted by Gasteiger charge is 2.28. The molecule has 3 aromatic carbocycles. The molecule has 0 unspecified atom stereocenters. The van der Waals surface area contributed by atoms with E-state index < -0.39 is 0 Å². The van der Waals surface area contributed by atoms with Crippen molar-refractivity contribution in [2.24, 2.45) is 0 Å². The third-order valence-corrected chi connectivity index (χ3v) is 7.39. The number of likely N-dealkylation sites (N-methyl/N-ethyl adjacent to an activating group) is 1. The van der Waals surface area contributed by atoms with Crippen LogP contribution in [0.15, 0.2) is 71.3 Å². The summed E-state index contributed by atoms with van der Waals surface area (Å²) in [5.74, 6) is 1.13. The molecule has 0 N–H and O–H groups in total. The van der Waals surface area contributed by atoms with E-state index in [1.807, 2.05) is 50.2 Å². The summed E-state index contributed by atoms with van der Waals surface area (Å²) in [5.41, 5.74) is 7.97. The van der Waals surface area contributed by atoms with Gasteiger partial charge in [0.15, 0.2) is 12.4 Å². The lowest BCUT2D eigenvalue weighted by Crippen LogP contribution is -2.35. The van der Waals surface area contributed by atoms with Gasteiger partial charge in [0.25, 0.3) is 5.91 Å². The van der Waals surface area contributed by atoms with Crippen LogP contribution in [0.5, 0.6) is 11.5 Å². The van der Waals surface area contributed by atoms with Crippen molar-refractivity contribution < 1.29 is 23.5 Å². The lowest BCUT2D eigenvalue weighted by atomic mass is 9.94. The Kier molecular flexibility index (Phi) is 5.10. The summed E-state index contributed by atoms with van der Waals surface area (Å²) in [7, 11) is 1.67. The Morgan fingerprint density at radius 3 is 2.54 bits per heavy atom. The predicted molar refractivity (Wildman–Crippen MR) is 147 cm³/mol. The molecular weight excluding hydrogens is 492 g/mol. The van der Waals surface area contributed by atoms with E-state index >= 15 is 0 Å². The van der Waals surface area contributed by atoms with Gasteiger partial charge in [-0.15, -0.1) is 0 Å².